The minimum atomic E-state index is 0.590. The van der Waals surface area contributed by atoms with Crippen LogP contribution in [0.2, 0.25) is 0 Å². The van der Waals surface area contributed by atoms with Crippen molar-refractivity contribution in [2.45, 2.75) is 6.61 Å². The molecule has 0 aliphatic carbocycles. The first-order chi connectivity index (χ1) is 8.92. The summed E-state index contributed by atoms with van der Waals surface area (Å²) in [6.07, 6.45) is 1.80. The van der Waals surface area contributed by atoms with Crippen molar-refractivity contribution in [2.24, 2.45) is 0 Å². The maximum Gasteiger partial charge on any atom is 0.120 e. The molecule has 0 amide bonds. The fraction of sp³-hybridized carbons (Fsp3) is 0.0625. The minimum absolute atomic E-state index is 0.590. The number of hydrogen-bond donors (Lipinski definition) is 0. The highest BCUT2D eigenvalue weighted by atomic mass is 16.5. The van der Waals surface area contributed by atoms with Crippen LogP contribution in [0.25, 0.3) is 10.9 Å². The van der Waals surface area contributed by atoms with Crippen LogP contribution in [-0.4, -0.2) is 4.98 Å². The first kappa shape index (κ1) is 10.8. The molecule has 0 atom stereocenters. The zero-order valence-electron chi connectivity index (χ0n) is 9.91. The van der Waals surface area contributed by atoms with Gasteiger partial charge in [-0.2, -0.15) is 0 Å². The molecule has 2 aromatic carbocycles. The average Bonchev–Trinajstić information content (AvgIpc) is 2.46. The zero-order chi connectivity index (χ0) is 12.2. The second-order valence-electron chi connectivity index (χ2n) is 4.13. The third-order valence-electron chi connectivity index (χ3n) is 2.82. The molecule has 3 aromatic rings. The molecular formula is C16H13NO. The van der Waals surface area contributed by atoms with E-state index in [1.165, 1.54) is 5.56 Å². The molecule has 0 bridgehead atoms. The highest BCUT2D eigenvalue weighted by Gasteiger charge is 1.98. The summed E-state index contributed by atoms with van der Waals surface area (Å²) in [5.74, 6) is 0.874. The van der Waals surface area contributed by atoms with Crippen LogP contribution in [0.15, 0.2) is 66.9 Å². The van der Waals surface area contributed by atoms with Gasteiger partial charge in [0.25, 0.3) is 0 Å². The van der Waals surface area contributed by atoms with E-state index in [9.17, 15) is 0 Å². The van der Waals surface area contributed by atoms with Gasteiger partial charge in [0, 0.05) is 11.6 Å². The molecule has 2 nitrogen and oxygen atoms in total. The van der Waals surface area contributed by atoms with Gasteiger partial charge < -0.3 is 4.74 Å². The summed E-state index contributed by atoms with van der Waals surface area (Å²) in [5, 5.41) is 1.10. The predicted octanol–water partition coefficient (Wildman–Crippen LogP) is 3.81. The van der Waals surface area contributed by atoms with Gasteiger partial charge in [0.15, 0.2) is 0 Å². The number of benzene rings is 2. The maximum atomic E-state index is 5.77. The Bertz CT molecular complexity index is 649. The van der Waals surface area contributed by atoms with Crippen molar-refractivity contribution in [3.05, 3.63) is 72.4 Å². The van der Waals surface area contributed by atoms with Crippen molar-refractivity contribution in [1.29, 1.82) is 0 Å². The normalized spacial score (nSPS) is 10.4. The maximum absolute atomic E-state index is 5.77. The first-order valence-corrected chi connectivity index (χ1v) is 5.93. The molecule has 0 aliphatic heterocycles. The second-order valence-corrected chi connectivity index (χ2v) is 4.13. The summed E-state index contributed by atoms with van der Waals surface area (Å²) in [6.45, 7) is 0.590. The Hall–Kier alpha value is -2.35. The Kier molecular flexibility index (Phi) is 2.92. The lowest BCUT2D eigenvalue weighted by molar-refractivity contribution is 0.306. The molecule has 0 spiro atoms. The molecule has 0 N–H and O–H groups in total. The third kappa shape index (κ3) is 2.33. The monoisotopic (exact) mass is 235 g/mol. The van der Waals surface area contributed by atoms with Gasteiger partial charge in [-0.3, -0.25) is 4.98 Å². The predicted molar refractivity (Wildman–Crippen MR) is 72.5 cm³/mol. The molecule has 88 valence electrons. The van der Waals surface area contributed by atoms with Crippen LogP contribution >= 0.6 is 0 Å². The molecule has 0 radical (unpaired) electrons. The molecule has 0 saturated heterocycles. The Balaban J connectivity index is 1.79. The van der Waals surface area contributed by atoms with Crippen LogP contribution in [0.5, 0.6) is 5.75 Å². The fourth-order valence-corrected chi connectivity index (χ4v) is 1.88. The zero-order valence-corrected chi connectivity index (χ0v) is 9.91. The molecule has 1 aromatic heterocycles. The molecule has 0 unspecified atom stereocenters. The topological polar surface area (TPSA) is 22.1 Å². The van der Waals surface area contributed by atoms with Gasteiger partial charge in [-0.15, -0.1) is 0 Å². The summed E-state index contributed by atoms with van der Waals surface area (Å²) in [5.41, 5.74) is 2.16. The third-order valence-corrected chi connectivity index (χ3v) is 2.82. The first-order valence-electron chi connectivity index (χ1n) is 5.93. The van der Waals surface area contributed by atoms with Gasteiger partial charge in [-0.25, -0.2) is 0 Å². The van der Waals surface area contributed by atoms with E-state index < -0.39 is 0 Å². The Morgan fingerprint density at radius 2 is 1.78 bits per heavy atom. The van der Waals surface area contributed by atoms with E-state index in [2.05, 4.69) is 17.1 Å². The number of ether oxygens (including phenoxy) is 1. The molecule has 18 heavy (non-hydrogen) atoms. The van der Waals surface area contributed by atoms with E-state index >= 15 is 0 Å². The highest BCUT2D eigenvalue weighted by molar-refractivity contribution is 5.79. The van der Waals surface area contributed by atoms with E-state index in [1.54, 1.807) is 6.20 Å². The summed E-state index contributed by atoms with van der Waals surface area (Å²) in [6, 6.07) is 20.1. The summed E-state index contributed by atoms with van der Waals surface area (Å²) in [7, 11) is 0. The van der Waals surface area contributed by atoms with Crippen LogP contribution in [0.1, 0.15) is 5.56 Å². The summed E-state index contributed by atoms with van der Waals surface area (Å²) >= 11 is 0. The molecular weight excluding hydrogens is 222 g/mol. The smallest absolute Gasteiger partial charge is 0.120 e. The Morgan fingerprint density at radius 3 is 2.67 bits per heavy atom. The molecule has 0 saturated carbocycles. The van der Waals surface area contributed by atoms with Gasteiger partial charge in [-0.1, -0.05) is 36.4 Å². The van der Waals surface area contributed by atoms with Crippen LogP contribution in [-0.2, 0) is 6.61 Å². The molecule has 2 heteroatoms. The van der Waals surface area contributed by atoms with E-state index in [0.717, 1.165) is 16.7 Å². The number of hydrogen-bond acceptors (Lipinski definition) is 2. The van der Waals surface area contributed by atoms with E-state index in [-0.39, 0.29) is 0 Å². The van der Waals surface area contributed by atoms with E-state index in [0.29, 0.717) is 6.61 Å². The quantitative estimate of drug-likeness (QED) is 0.688. The number of fused-ring (bicyclic) bond motifs is 1. The molecule has 0 fully saturated rings. The largest absolute Gasteiger partial charge is 0.489 e. The van der Waals surface area contributed by atoms with Gasteiger partial charge in [0.2, 0.25) is 0 Å². The average molecular weight is 235 g/mol. The number of pyridine rings is 1. The van der Waals surface area contributed by atoms with Crippen molar-refractivity contribution >= 4 is 10.9 Å². The van der Waals surface area contributed by atoms with Gasteiger partial charge in [-0.05, 0) is 29.8 Å². The van der Waals surface area contributed by atoms with Gasteiger partial charge >= 0.3 is 0 Å². The van der Waals surface area contributed by atoms with E-state index in [1.807, 2.05) is 48.5 Å². The fourth-order valence-electron chi connectivity index (χ4n) is 1.88. The summed E-state index contributed by atoms with van der Waals surface area (Å²) in [4.78, 5) is 4.29. The van der Waals surface area contributed by atoms with Crippen molar-refractivity contribution < 1.29 is 4.74 Å². The molecule has 3 rings (SSSR count). The van der Waals surface area contributed by atoms with Gasteiger partial charge in [0.1, 0.15) is 12.4 Å². The van der Waals surface area contributed by atoms with Crippen molar-refractivity contribution in [3.63, 3.8) is 0 Å². The number of rotatable bonds is 3. The Morgan fingerprint density at radius 1 is 0.889 bits per heavy atom. The number of nitrogens with zero attached hydrogens (tertiary/aromatic N) is 1. The van der Waals surface area contributed by atoms with Crippen molar-refractivity contribution in [3.8, 4) is 5.75 Å². The lowest BCUT2D eigenvalue weighted by Crippen LogP contribution is -1.94. The second kappa shape index (κ2) is 4.88. The molecule has 1 heterocycles. The lowest BCUT2D eigenvalue weighted by Gasteiger charge is -2.07. The van der Waals surface area contributed by atoms with Crippen LogP contribution < -0.4 is 4.74 Å². The van der Waals surface area contributed by atoms with Crippen molar-refractivity contribution in [2.75, 3.05) is 0 Å². The van der Waals surface area contributed by atoms with Crippen LogP contribution in [0.4, 0.5) is 0 Å². The van der Waals surface area contributed by atoms with E-state index in [4.69, 9.17) is 4.74 Å². The van der Waals surface area contributed by atoms with Gasteiger partial charge in [0.05, 0.1) is 5.52 Å². The highest BCUT2D eigenvalue weighted by Crippen LogP contribution is 2.19. The lowest BCUT2D eigenvalue weighted by atomic mass is 10.2. The summed E-state index contributed by atoms with van der Waals surface area (Å²) < 4.78 is 5.77. The van der Waals surface area contributed by atoms with Crippen LogP contribution in [0.3, 0.4) is 0 Å². The molecule has 0 aliphatic rings. The Labute approximate surface area is 106 Å². The minimum Gasteiger partial charge on any atom is -0.489 e. The van der Waals surface area contributed by atoms with Crippen molar-refractivity contribution in [1.82, 2.24) is 4.98 Å². The SMILES string of the molecule is c1ccc(COc2ccc3ncccc3c2)cc1. The standard InChI is InChI=1S/C16H13NO/c1-2-5-13(6-3-1)12-18-15-8-9-16-14(11-15)7-4-10-17-16/h1-11H,12H2. The van der Waals surface area contributed by atoms with Crippen LogP contribution in [0, 0.1) is 0 Å². The number of aromatic nitrogens is 1.